The quantitative estimate of drug-likeness (QED) is 0.779. The first-order valence-corrected chi connectivity index (χ1v) is 7.05. The van der Waals surface area contributed by atoms with Crippen molar-refractivity contribution < 1.29 is 9.53 Å². The van der Waals surface area contributed by atoms with Crippen LogP contribution in [0.4, 0.5) is 0 Å². The minimum Gasteiger partial charge on any atom is -0.459 e. The summed E-state index contributed by atoms with van der Waals surface area (Å²) in [6, 6.07) is 0.940. The van der Waals surface area contributed by atoms with Gasteiger partial charge in [0.25, 0.3) is 0 Å². The van der Waals surface area contributed by atoms with E-state index in [1.807, 2.05) is 20.8 Å². The molecule has 0 aromatic rings. The van der Waals surface area contributed by atoms with E-state index >= 15 is 0 Å². The number of hydrogen-bond donors (Lipinski definition) is 1. The second kappa shape index (κ2) is 6.53. The van der Waals surface area contributed by atoms with Crippen molar-refractivity contribution in [2.24, 2.45) is 0 Å². The fourth-order valence-electron chi connectivity index (χ4n) is 2.34. The molecule has 0 amide bonds. The fraction of sp³-hybridized carbons (Fsp3) is 0.929. The molecule has 4 nitrogen and oxygen atoms in total. The van der Waals surface area contributed by atoms with Gasteiger partial charge >= 0.3 is 5.97 Å². The molecule has 2 unspecified atom stereocenters. The van der Waals surface area contributed by atoms with E-state index in [0.29, 0.717) is 18.6 Å². The predicted molar refractivity (Wildman–Crippen MR) is 73.6 cm³/mol. The van der Waals surface area contributed by atoms with Crippen LogP contribution in [0.5, 0.6) is 0 Å². The van der Waals surface area contributed by atoms with Gasteiger partial charge in [0.15, 0.2) is 0 Å². The lowest BCUT2D eigenvalue weighted by atomic mass is 10.1. The second-order valence-electron chi connectivity index (χ2n) is 6.09. The number of nitrogens with one attached hydrogen (secondary N) is 1. The topological polar surface area (TPSA) is 41.6 Å². The molecular formula is C14H28N2O2. The van der Waals surface area contributed by atoms with Gasteiger partial charge in [-0.15, -0.1) is 0 Å². The van der Waals surface area contributed by atoms with Crippen molar-refractivity contribution >= 4 is 5.97 Å². The maximum atomic E-state index is 11.9. The molecule has 4 heteroatoms. The lowest BCUT2D eigenvalue weighted by Crippen LogP contribution is -2.57. The number of hydrogen-bond acceptors (Lipinski definition) is 4. The zero-order valence-corrected chi connectivity index (χ0v) is 12.5. The SMILES string of the molecule is CCC1CN(CC(=O)OC(C)(C)C)C(CC)CN1. The van der Waals surface area contributed by atoms with E-state index in [9.17, 15) is 4.79 Å². The maximum absolute atomic E-state index is 11.9. The Labute approximate surface area is 111 Å². The molecule has 0 aromatic carbocycles. The summed E-state index contributed by atoms with van der Waals surface area (Å²) in [5, 5.41) is 3.53. The van der Waals surface area contributed by atoms with Crippen LogP contribution in [0.25, 0.3) is 0 Å². The number of ether oxygens (including phenoxy) is 1. The van der Waals surface area contributed by atoms with Crippen molar-refractivity contribution in [1.29, 1.82) is 0 Å². The molecule has 1 rings (SSSR count). The molecule has 0 aliphatic carbocycles. The highest BCUT2D eigenvalue weighted by Gasteiger charge is 2.28. The summed E-state index contributed by atoms with van der Waals surface area (Å²) in [5.74, 6) is -0.113. The van der Waals surface area contributed by atoms with Crippen molar-refractivity contribution in [3.63, 3.8) is 0 Å². The molecule has 0 saturated carbocycles. The Morgan fingerprint density at radius 3 is 2.50 bits per heavy atom. The monoisotopic (exact) mass is 256 g/mol. The van der Waals surface area contributed by atoms with Crippen LogP contribution < -0.4 is 5.32 Å². The van der Waals surface area contributed by atoms with Gasteiger partial charge in [-0.1, -0.05) is 13.8 Å². The average molecular weight is 256 g/mol. The van der Waals surface area contributed by atoms with Gasteiger partial charge < -0.3 is 10.1 Å². The molecule has 106 valence electrons. The minimum atomic E-state index is -0.392. The van der Waals surface area contributed by atoms with Gasteiger partial charge in [0, 0.05) is 25.2 Å². The molecule has 1 saturated heterocycles. The predicted octanol–water partition coefficient (Wildman–Crippen LogP) is 1.79. The summed E-state index contributed by atoms with van der Waals surface area (Å²) in [6.45, 7) is 12.4. The molecule has 1 heterocycles. The Hall–Kier alpha value is -0.610. The summed E-state index contributed by atoms with van der Waals surface area (Å²) in [6.07, 6.45) is 2.16. The molecule has 1 N–H and O–H groups in total. The van der Waals surface area contributed by atoms with E-state index in [1.54, 1.807) is 0 Å². The zero-order chi connectivity index (χ0) is 13.8. The number of nitrogens with zero attached hydrogens (tertiary/aromatic N) is 1. The van der Waals surface area contributed by atoms with Gasteiger partial charge in [-0.05, 0) is 33.6 Å². The largest absolute Gasteiger partial charge is 0.459 e. The molecule has 1 aliphatic rings. The van der Waals surface area contributed by atoms with Gasteiger partial charge in [0.05, 0.1) is 6.54 Å². The van der Waals surface area contributed by atoms with E-state index in [1.165, 1.54) is 0 Å². The third-order valence-electron chi connectivity index (χ3n) is 3.33. The Bertz CT molecular complexity index is 273. The Kier molecular flexibility index (Phi) is 5.60. The van der Waals surface area contributed by atoms with Gasteiger partial charge in [0.1, 0.15) is 5.60 Å². The van der Waals surface area contributed by atoms with E-state index < -0.39 is 5.60 Å². The van der Waals surface area contributed by atoms with Gasteiger partial charge in [-0.25, -0.2) is 0 Å². The van der Waals surface area contributed by atoms with Crippen molar-refractivity contribution in [3.05, 3.63) is 0 Å². The van der Waals surface area contributed by atoms with Crippen molar-refractivity contribution in [1.82, 2.24) is 10.2 Å². The molecule has 1 fully saturated rings. The number of esters is 1. The highest BCUT2D eigenvalue weighted by Crippen LogP contribution is 2.13. The second-order valence-corrected chi connectivity index (χ2v) is 6.09. The van der Waals surface area contributed by atoms with Gasteiger partial charge in [-0.2, -0.15) is 0 Å². The van der Waals surface area contributed by atoms with Crippen LogP contribution >= 0.6 is 0 Å². The molecular weight excluding hydrogens is 228 g/mol. The highest BCUT2D eigenvalue weighted by atomic mass is 16.6. The van der Waals surface area contributed by atoms with E-state index in [0.717, 1.165) is 25.9 Å². The summed E-state index contributed by atoms with van der Waals surface area (Å²) in [4.78, 5) is 14.2. The summed E-state index contributed by atoms with van der Waals surface area (Å²) in [7, 11) is 0. The smallest absolute Gasteiger partial charge is 0.320 e. The fourth-order valence-corrected chi connectivity index (χ4v) is 2.34. The first-order valence-electron chi connectivity index (χ1n) is 7.05. The third kappa shape index (κ3) is 4.94. The molecule has 0 radical (unpaired) electrons. The number of piperazine rings is 1. The first kappa shape index (κ1) is 15.4. The molecule has 0 spiro atoms. The van der Waals surface area contributed by atoms with Crippen LogP contribution in [0.2, 0.25) is 0 Å². The standard InChI is InChI=1S/C14H28N2O2/c1-6-11-9-16(12(7-2)8-15-11)10-13(17)18-14(3,4)5/h11-12,15H,6-10H2,1-5H3. The zero-order valence-electron chi connectivity index (χ0n) is 12.5. The van der Waals surface area contributed by atoms with E-state index in [4.69, 9.17) is 4.74 Å². The van der Waals surface area contributed by atoms with Crippen LogP contribution in [-0.4, -0.2) is 48.2 Å². The summed E-state index contributed by atoms with van der Waals surface area (Å²) >= 11 is 0. The van der Waals surface area contributed by atoms with Gasteiger partial charge in [-0.3, -0.25) is 9.69 Å². The van der Waals surface area contributed by atoms with Crippen molar-refractivity contribution in [2.75, 3.05) is 19.6 Å². The number of carbonyl (C=O) groups is 1. The molecule has 18 heavy (non-hydrogen) atoms. The first-order chi connectivity index (χ1) is 8.35. The van der Waals surface area contributed by atoms with E-state index in [-0.39, 0.29) is 5.97 Å². The molecule has 2 atom stereocenters. The highest BCUT2D eigenvalue weighted by molar-refractivity contribution is 5.72. The maximum Gasteiger partial charge on any atom is 0.320 e. The number of rotatable bonds is 4. The van der Waals surface area contributed by atoms with Gasteiger partial charge in [0.2, 0.25) is 0 Å². The summed E-state index contributed by atoms with van der Waals surface area (Å²) in [5.41, 5.74) is -0.392. The van der Waals surface area contributed by atoms with Crippen LogP contribution in [0, 0.1) is 0 Å². The van der Waals surface area contributed by atoms with Crippen LogP contribution in [0.1, 0.15) is 47.5 Å². The Morgan fingerprint density at radius 1 is 1.33 bits per heavy atom. The minimum absolute atomic E-state index is 0.113. The lowest BCUT2D eigenvalue weighted by molar-refractivity contribution is -0.157. The summed E-state index contributed by atoms with van der Waals surface area (Å²) < 4.78 is 5.40. The lowest BCUT2D eigenvalue weighted by Gasteiger charge is -2.39. The Morgan fingerprint density at radius 2 is 2.00 bits per heavy atom. The Balaban J connectivity index is 2.53. The number of carbonyl (C=O) groups excluding carboxylic acids is 1. The van der Waals surface area contributed by atoms with Crippen molar-refractivity contribution in [3.8, 4) is 0 Å². The molecule has 0 bridgehead atoms. The van der Waals surface area contributed by atoms with Crippen molar-refractivity contribution in [2.45, 2.75) is 65.1 Å². The van der Waals surface area contributed by atoms with Crippen LogP contribution in [0.15, 0.2) is 0 Å². The van der Waals surface area contributed by atoms with Crippen LogP contribution in [-0.2, 0) is 9.53 Å². The molecule has 1 aliphatic heterocycles. The normalized spacial score (nSPS) is 26.1. The van der Waals surface area contributed by atoms with Crippen LogP contribution in [0.3, 0.4) is 0 Å². The molecule has 0 aromatic heterocycles. The third-order valence-corrected chi connectivity index (χ3v) is 3.33. The van der Waals surface area contributed by atoms with E-state index in [2.05, 4.69) is 24.1 Å². The average Bonchev–Trinajstić information content (AvgIpc) is 2.26.